The van der Waals surface area contributed by atoms with E-state index in [4.69, 9.17) is 9.47 Å². The van der Waals surface area contributed by atoms with Gasteiger partial charge in [-0.05, 0) is 35.3 Å². The highest BCUT2D eigenvalue weighted by atomic mass is 32.2. The molecule has 28 heavy (non-hydrogen) atoms. The predicted octanol–water partition coefficient (Wildman–Crippen LogP) is 2.82. The molecule has 7 heteroatoms. The largest absolute Gasteiger partial charge is 0.465 e. The smallest absolute Gasteiger partial charge is 0.338 e. The Hall–Kier alpha value is -2.93. The molecule has 0 spiro atoms. The molecule has 0 aliphatic heterocycles. The number of rotatable bonds is 7. The number of hydrogen-bond acceptors (Lipinski definition) is 6. The fourth-order valence-corrected chi connectivity index (χ4v) is 3.30. The van der Waals surface area contributed by atoms with Gasteiger partial charge in [0, 0.05) is 13.2 Å². The summed E-state index contributed by atoms with van der Waals surface area (Å²) in [4.78, 5) is 24.0. The molecule has 0 saturated carbocycles. The van der Waals surface area contributed by atoms with Gasteiger partial charge in [-0.2, -0.15) is 0 Å². The maximum Gasteiger partial charge on any atom is 0.338 e. The van der Waals surface area contributed by atoms with Crippen molar-refractivity contribution < 1.29 is 27.5 Å². The van der Waals surface area contributed by atoms with Gasteiger partial charge in [0.1, 0.15) is 6.61 Å². The summed E-state index contributed by atoms with van der Waals surface area (Å²) in [5, 5.41) is 0. The minimum Gasteiger partial charge on any atom is -0.465 e. The van der Waals surface area contributed by atoms with E-state index in [0.29, 0.717) is 16.7 Å². The van der Waals surface area contributed by atoms with E-state index < -0.39 is 21.8 Å². The van der Waals surface area contributed by atoms with Gasteiger partial charge in [-0.25, -0.2) is 13.2 Å². The first-order valence-electron chi connectivity index (χ1n) is 8.50. The lowest BCUT2D eigenvalue weighted by Crippen LogP contribution is -2.14. The number of sulfone groups is 1. The number of ether oxygens (including phenoxy) is 2. The Balaban J connectivity index is 2.50. The van der Waals surface area contributed by atoms with Crippen LogP contribution in [0.1, 0.15) is 18.1 Å². The van der Waals surface area contributed by atoms with Gasteiger partial charge in [-0.1, -0.05) is 42.5 Å². The summed E-state index contributed by atoms with van der Waals surface area (Å²) in [6, 6.07) is 15.3. The Morgan fingerprint density at radius 3 is 2.07 bits per heavy atom. The van der Waals surface area contributed by atoms with Gasteiger partial charge in [-0.3, -0.25) is 4.79 Å². The van der Waals surface area contributed by atoms with Crippen molar-refractivity contribution in [3.8, 4) is 0 Å². The number of carbonyl (C=O) groups excluding carboxylic acids is 2. The van der Waals surface area contributed by atoms with Gasteiger partial charge in [0.15, 0.2) is 9.84 Å². The highest BCUT2D eigenvalue weighted by Gasteiger charge is 2.20. The second-order valence-electron chi connectivity index (χ2n) is 6.21. The molecule has 6 nitrogen and oxygen atoms in total. The summed E-state index contributed by atoms with van der Waals surface area (Å²) >= 11 is 0. The zero-order valence-corrected chi connectivity index (χ0v) is 16.8. The van der Waals surface area contributed by atoms with Gasteiger partial charge < -0.3 is 9.47 Å². The molecule has 0 unspecified atom stereocenters. The summed E-state index contributed by atoms with van der Waals surface area (Å²) in [7, 11) is -2.01. The van der Waals surface area contributed by atoms with Crippen molar-refractivity contribution in [2.75, 3.05) is 20.0 Å². The summed E-state index contributed by atoms with van der Waals surface area (Å²) in [6.45, 7) is 1.21. The van der Waals surface area contributed by atoms with Gasteiger partial charge in [0.2, 0.25) is 0 Å². The molecule has 0 aromatic heterocycles. The van der Waals surface area contributed by atoms with Crippen molar-refractivity contribution in [1.29, 1.82) is 0 Å². The SMILES string of the molecule is COC(=O)/C(=C(\COC(C)=O)Cc1ccc(S(C)(=O)=O)cc1)c1ccccc1. The first kappa shape index (κ1) is 21.4. The standard InChI is InChI=1S/C21H22O6S/c1-15(22)27-14-18(13-16-9-11-19(12-10-16)28(3,24)25)20(21(23)26-2)17-7-5-4-6-8-17/h4-12H,13-14H2,1-3H3/b20-18-. The second-order valence-corrected chi connectivity index (χ2v) is 8.23. The van der Waals surface area contributed by atoms with Crippen molar-refractivity contribution in [3.05, 3.63) is 71.3 Å². The molecule has 0 N–H and O–H groups in total. The maximum atomic E-state index is 12.5. The average molecular weight is 402 g/mol. The number of carbonyl (C=O) groups is 2. The van der Waals surface area contributed by atoms with Gasteiger partial charge in [0.25, 0.3) is 0 Å². The maximum absolute atomic E-state index is 12.5. The van der Waals surface area contributed by atoms with Crippen molar-refractivity contribution in [2.45, 2.75) is 18.2 Å². The number of hydrogen-bond donors (Lipinski definition) is 0. The van der Waals surface area contributed by atoms with Crippen LogP contribution in [-0.4, -0.2) is 40.3 Å². The fraction of sp³-hybridized carbons (Fsp3) is 0.238. The first-order valence-corrected chi connectivity index (χ1v) is 10.4. The lowest BCUT2D eigenvalue weighted by molar-refractivity contribution is -0.140. The Morgan fingerprint density at radius 1 is 0.964 bits per heavy atom. The minimum absolute atomic E-state index is 0.0809. The van der Waals surface area contributed by atoms with Gasteiger partial charge in [0.05, 0.1) is 17.6 Å². The molecular weight excluding hydrogens is 380 g/mol. The lowest BCUT2D eigenvalue weighted by Gasteiger charge is -2.15. The zero-order valence-electron chi connectivity index (χ0n) is 16.0. The van der Waals surface area contributed by atoms with Crippen LogP contribution >= 0.6 is 0 Å². The normalized spacial score (nSPS) is 12.1. The summed E-state index contributed by atoms with van der Waals surface area (Å²) in [5.74, 6) is -1.01. The van der Waals surface area contributed by atoms with E-state index in [0.717, 1.165) is 11.8 Å². The number of methoxy groups -OCH3 is 1. The molecule has 0 aliphatic rings. The highest BCUT2D eigenvalue weighted by molar-refractivity contribution is 7.90. The van der Waals surface area contributed by atoms with Crippen LogP contribution in [-0.2, 0) is 35.3 Å². The van der Waals surface area contributed by atoms with Crippen LogP contribution < -0.4 is 0 Å². The number of esters is 2. The fourth-order valence-electron chi connectivity index (χ4n) is 2.67. The summed E-state index contributed by atoms with van der Waals surface area (Å²) < 4.78 is 33.4. The molecule has 0 amide bonds. The van der Waals surface area contributed by atoms with Crippen molar-refractivity contribution >= 4 is 27.3 Å². The second kappa shape index (κ2) is 9.32. The van der Waals surface area contributed by atoms with E-state index in [1.54, 1.807) is 36.4 Å². The monoisotopic (exact) mass is 402 g/mol. The lowest BCUT2D eigenvalue weighted by atomic mass is 9.95. The third-order valence-electron chi connectivity index (χ3n) is 4.02. The third kappa shape index (κ3) is 5.79. The molecular formula is C21H22O6S. The van der Waals surface area contributed by atoms with E-state index in [1.807, 2.05) is 6.07 Å². The Kier molecular flexibility index (Phi) is 7.12. The van der Waals surface area contributed by atoms with Crippen LogP contribution in [0.3, 0.4) is 0 Å². The van der Waals surface area contributed by atoms with Crippen molar-refractivity contribution in [3.63, 3.8) is 0 Å². The van der Waals surface area contributed by atoms with Crippen LogP contribution in [0, 0.1) is 0 Å². The van der Waals surface area contributed by atoms with E-state index >= 15 is 0 Å². The molecule has 148 valence electrons. The van der Waals surface area contributed by atoms with E-state index in [9.17, 15) is 18.0 Å². The molecule has 0 aliphatic carbocycles. The molecule has 0 saturated heterocycles. The van der Waals surface area contributed by atoms with E-state index in [2.05, 4.69) is 0 Å². The van der Waals surface area contributed by atoms with Gasteiger partial charge in [-0.15, -0.1) is 0 Å². The third-order valence-corrected chi connectivity index (χ3v) is 5.15. The van der Waals surface area contributed by atoms with E-state index in [1.165, 1.54) is 26.2 Å². The Morgan fingerprint density at radius 2 is 1.57 bits per heavy atom. The predicted molar refractivity (Wildman–Crippen MR) is 105 cm³/mol. The Bertz CT molecular complexity index is 973. The highest BCUT2D eigenvalue weighted by Crippen LogP contribution is 2.24. The molecule has 0 heterocycles. The zero-order chi connectivity index (χ0) is 20.7. The summed E-state index contributed by atoms with van der Waals surface area (Å²) in [5.41, 5.74) is 2.29. The molecule has 2 rings (SSSR count). The van der Waals surface area contributed by atoms with Crippen LogP contribution in [0.15, 0.2) is 65.1 Å². The number of benzene rings is 2. The van der Waals surface area contributed by atoms with Crippen LogP contribution in [0.5, 0.6) is 0 Å². The molecule has 0 atom stereocenters. The van der Waals surface area contributed by atoms with Gasteiger partial charge >= 0.3 is 11.9 Å². The topological polar surface area (TPSA) is 86.7 Å². The van der Waals surface area contributed by atoms with Crippen LogP contribution in [0.25, 0.3) is 5.57 Å². The molecule has 2 aromatic carbocycles. The first-order chi connectivity index (χ1) is 13.2. The Labute approximate surface area is 164 Å². The average Bonchev–Trinajstić information content (AvgIpc) is 2.66. The molecule has 0 fully saturated rings. The van der Waals surface area contributed by atoms with Crippen LogP contribution in [0.2, 0.25) is 0 Å². The molecule has 0 radical (unpaired) electrons. The van der Waals surface area contributed by atoms with E-state index in [-0.39, 0.29) is 17.9 Å². The molecule has 2 aromatic rings. The van der Waals surface area contributed by atoms with Crippen molar-refractivity contribution in [1.82, 2.24) is 0 Å². The quantitative estimate of drug-likeness (QED) is 0.523. The minimum atomic E-state index is -3.30. The summed E-state index contributed by atoms with van der Waals surface area (Å²) in [6.07, 6.45) is 1.43. The van der Waals surface area contributed by atoms with Crippen molar-refractivity contribution in [2.24, 2.45) is 0 Å². The molecule has 0 bridgehead atoms. The van der Waals surface area contributed by atoms with Crippen LogP contribution in [0.4, 0.5) is 0 Å².